The summed E-state index contributed by atoms with van der Waals surface area (Å²) in [6.07, 6.45) is 3.57. The van der Waals surface area contributed by atoms with Gasteiger partial charge in [0.1, 0.15) is 11.3 Å². The third-order valence-electron chi connectivity index (χ3n) is 2.86. The highest BCUT2D eigenvalue weighted by molar-refractivity contribution is 7.07. The van der Waals surface area contributed by atoms with E-state index in [-0.39, 0.29) is 5.38 Å². The van der Waals surface area contributed by atoms with Gasteiger partial charge in [-0.3, -0.25) is 4.98 Å². The molecule has 3 aromatic rings. The van der Waals surface area contributed by atoms with E-state index in [4.69, 9.17) is 11.6 Å². The number of rotatable bonds is 3. The minimum absolute atomic E-state index is 0.115. The Kier molecular flexibility index (Phi) is 3.06. The van der Waals surface area contributed by atoms with Crippen LogP contribution in [0.15, 0.2) is 35.3 Å². The minimum atomic E-state index is -0.115. The Balaban J connectivity index is 2.15. The summed E-state index contributed by atoms with van der Waals surface area (Å²) < 4.78 is 2.16. The maximum absolute atomic E-state index is 6.22. The molecule has 0 aliphatic heterocycles. The van der Waals surface area contributed by atoms with Crippen molar-refractivity contribution >= 4 is 34.0 Å². The quantitative estimate of drug-likeness (QED) is 0.681. The summed E-state index contributed by atoms with van der Waals surface area (Å²) in [6, 6.07) is 4.11. The van der Waals surface area contributed by atoms with Crippen molar-refractivity contribution in [2.75, 3.05) is 0 Å². The van der Waals surface area contributed by atoms with Crippen LogP contribution in [0.2, 0.25) is 0 Å². The van der Waals surface area contributed by atoms with E-state index < -0.39 is 0 Å². The van der Waals surface area contributed by atoms with E-state index in [0.717, 1.165) is 23.4 Å². The number of aromatic nitrogens is 3. The molecule has 0 aliphatic carbocycles. The van der Waals surface area contributed by atoms with Crippen LogP contribution >= 0.6 is 22.9 Å². The molecule has 1 unspecified atom stereocenters. The molecule has 5 heteroatoms. The van der Waals surface area contributed by atoms with Crippen molar-refractivity contribution in [2.24, 2.45) is 0 Å². The van der Waals surface area contributed by atoms with Crippen molar-refractivity contribution in [3.63, 3.8) is 0 Å². The monoisotopic (exact) mass is 277 g/mol. The van der Waals surface area contributed by atoms with Gasteiger partial charge in [0.2, 0.25) is 0 Å². The first-order valence-corrected chi connectivity index (χ1v) is 7.09. The molecule has 92 valence electrons. The molecule has 0 bridgehead atoms. The van der Waals surface area contributed by atoms with Gasteiger partial charge >= 0.3 is 0 Å². The normalized spacial score (nSPS) is 13.0. The molecule has 3 rings (SSSR count). The standard InChI is InChI=1S/C13H12ClN3S/c1-9(14)13-16-11-6-15-4-2-12(11)17(13)7-10-3-5-18-8-10/h2-6,8-9H,7H2,1H3. The summed E-state index contributed by atoms with van der Waals surface area (Å²) in [4.78, 5) is 8.67. The molecule has 0 fully saturated rings. The van der Waals surface area contributed by atoms with Gasteiger partial charge in [-0.05, 0) is 35.4 Å². The molecule has 0 saturated carbocycles. The Labute approximate surface area is 114 Å². The number of pyridine rings is 1. The van der Waals surface area contributed by atoms with E-state index in [2.05, 4.69) is 31.4 Å². The number of nitrogens with zero attached hydrogens (tertiary/aromatic N) is 3. The smallest absolute Gasteiger partial charge is 0.128 e. The van der Waals surface area contributed by atoms with Crippen LogP contribution in [0.25, 0.3) is 11.0 Å². The van der Waals surface area contributed by atoms with Crippen LogP contribution in [0.1, 0.15) is 23.7 Å². The first-order valence-electron chi connectivity index (χ1n) is 5.71. The minimum Gasteiger partial charge on any atom is -0.322 e. The molecule has 0 saturated heterocycles. The largest absolute Gasteiger partial charge is 0.322 e. The predicted octanol–water partition coefficient (Wildman–Crippen LogP) is 3.84. The maximum atomic E-state index is 6.22. The SMILES string of the molecule is CC(Cl)c1nc2cnccc2n1Cc1ccsc1. The van der Waals surface area contributed by atoms with E-state index in [1.54, 1.807) is 23.7 Å². The lowest BCUT2D eigenvalue weighted by Crippen LogP contribution is -2.05. The van der Waals surface area contributed by atoms with Crippen molar-refractivity contribution in [1.82, 2.24) is 14.5 Å². The molecule has 0 N–H and O–H groups in total. The molecular formula is C13H12ClN3S. The zero-order valence-corrected chi connectivity index (χ0v) is 11.4. The van der Waals surface area contributed by atoms with E-state index in [0.29, 0.717) is 0 Å². The highest BCUT2D eigenvalue weighted by Gasteiger charge is 2.15. The maximum Gasteiger partial charge on any atom is 0.128 e. The third-order valence-corrected chi connectivity index (χ3v) is 3.78. The van der Waals surface area contributed by atoms with Crippen LogP contribution in [0.4, 0.5) is 0 Å². The van der Waals surface area contributed by atoms with Crippen LogP contribution in [-0.4, -0.2) is 14.5 Å². The predicted molar refractivity (Wildman–Crippen MR) is 75.2 cm³/mol. The Bertz CT molecular complexity index is 658. The first kappa shape index (κ1) is 11.7. The summed E-state index contributed by atoms with van der Waals surface area (Å²) in [5.74, 6) is 0.894. The van der Waals surface area contributed by atoms with Gasteiger partial charge in [0.25, 0.3) is 0 Å². The van der Waals surface area contributed by atoms with Crippen LogP contribution in [0.5, 0.6) is 0 Å². The zero-order valence-electron chi connectivity index (χ0n) is 9.88. The van der Waals surface area contributed by atoms with Gasteiger partial charge in [0.15, 0.2) is 0 Å². The van der Waals surface area contributed by atoms with Crippen molar-refractivity contribution in [3.05, 3.63) is 46.7 Å². The van der Waals surface area contributed by atoms with Gasteiger partial charge in [0, 0.05) is 6.20 Å². The number of halogens is 1. The van der Waals surface area contributed by atoms with Gasteiger partial charge in [-0.1, -0.05) is 0 Å². The van der Waals surface area contributed by atoms with E-state index >= 15 is 0 Å². The lowest BCUT2D eigenvalue weighted by molar-refractivity contribution is 0.744. The van der Waals surface area contributed by atoms with Gasteiger partial charge in [-0.25, -0.2) is 4.98 Å². The topological polar surface area (TPSA) is 30.7 Å². The number of fused-ring (bicyclic) bond motifs is 1. The third kappa shape index (κ3) is 2.02. The highest BCUT2D eigenvalue weighted by Crippen LogP contribution is 2.25. The Hall–Kier alpha value is -1.39. The molecule has 0 aromatic carbocycles. The fourth-order valence-corrected chi connectivity index (χ4v) is 2.86. The van der Waals surface area contributed by atoms with Crippen molar-refractivity contribution in [1.29, 1.82) is 0 Å². The van der Waals surface area contributed by atoms with E-state index in [9.17, 15) is 0 Å². The summed E-state index contributed by atoms with van der Waals surface area (Å²) in [6.45, 7) is 2.75. The fraction of sp³-hybridized carbons (Fsp3) is 0.231. The summed E-state index contributed by atoms with van der Waals surface area (Å²) in [7, 11) is 0. The first-order chi connectivity index (χ1) is 8.75. The van der Waals surface area contributed by atoms with Gasteiger partial charge in [-0.15, -0.1) is 11.6 Å². The van der Waals surface area contributed by atoms with Crippen LogP contribution in [-0.2, 0) is 6.54 Å². The second-order valence-corrected chi connectivity index (χ2v) is 5.60. The van der Waals surface area contributed by atoms with Gasteiger partial charge in [0.05, 0.1) is 23.6 Å². The second-order valence-electron chi connectivity index (χ2n) is 4.17. The molecule has 3 aromatic heterocycles. The van der Waals surface area contributed by atoms with E-state index in [1.165, 1.54) is 5.56 Å². The number of alkyl halides is 1. The number of thiophene rings is 1. The van der Waals surface area contributed by atoms with Crippen LogP contribution < -0.4 is 0 Å². The molecule has 18 heavy (non-hydrogen) atoms. The van der Waals surface area contributed by atoms with Gasteiger partial charge in [-0.2, -0.15) is 11.3 Å². The molecule has 0 aliphatic rings. The van der Waals surface area contributed by atoms with Gasteiger partial charge < -0.3 is 4.57 Å². The lowest BCUT2D eigenvalue weighted by Gasteiger charge is -2.09. The molecule has 3 heterocycles. The number of hydrogen-bond acceptors (Lipinski definition) is 3. The average Bonchev–Trinajstić information content (AvgIpc) is 2.98. The summed E-state index contributed by atoms with van der Waals surface area (Å²) >= 11 is 7.92. The molecule has 0 radical (unpaired) electrons. The molecule has 1 atom stereocenters. The van der Waals surface area contributed by atoms with Crippen molar-refractivity contribution in [2.45, 2.75) is 18.8 Å². The second kappa shape index (κ2) is 4.71. The Morgan fingerprint density at radius 2 is 2.33 bits per heavy atom. The summed E-state index contributed by atoms with van der Waals surface area (Å²) in [5, 5.41) is 4.12. The summed E-state index contributed by atoms with van der Waals surface area (Å²) in [5.41, 5.74) is 3.25. The lowest BCUT2D eigenvalue weighted by atomic mass is 10.3. The van der Waals surface area contributed by atoms with Crippen LogP contribution in [0, 0.1) is 0 Å². The fourth-order valence-electron chi connectivity index (χ4n) is 2.04. The molecule has 0 amide bonds. The highest BCUT2D eigenvalue weighted by atomic mass is 35.5. The average molecular weight is 278 g/mol. The number of hydrogen-bond donors (Lipinski definition) is 0. The zero-order chi connectivity index (χ0) is 12.5. The van der Waals surface area contributed by atoms with Crippen molar-refractivity contribution in [3.8, 4) is 0 Å². The molecule has 0 spiro atoms. The molecular weight excluding hydrogens is 266 g/mol. The number of imidazole rings is 1. The molecule has 3 nitrogen and oxygen atoms in total. The Morgan fingerprint density at radius 3 is 3.06 bits per heavy atom. The Morgan fingerprint density at radius 1 is 1.44 bits per heavy atom. The van der Waals surface area contributed by atoms with Crippen LogP contribution in [0.3, 0.4) is 0 Å². The van der Waals surface area contributed by atoms with E-state index in [1.807, 2.05) is 13.0 Å². The van der Waals surface area contributed by atoms with Crippen molar-refractivity contribution < 1.29 is 0 Å².